The Hall–Kier alpha value is -2.36. The number of rotatable bonds is 7. The number of ether oxygens (including phenoxy) is 1. The highest BCUT2D eigenvalue weighted by Gasteiger charge is 2.11. The van der Waals surface area contributed by atoms with Gasteiger partial charge in [-0.15, -0.1) is 0 Å². The summed E-state index contributed by atoms with van der Waals surface area (Å²) >= 11 is 0. The zero-order valence-corrected chi connectivity index (χ0v) is 12.3. The Morgan fingerprint density at radius 3 is 2.62 bits per heavy atom. The molecule has 0 saturated heterocycles. The maximum Gasteiger partial charge on any atom is 0.163 e. The highest BCUT2D eigenvalue weighted by molar-refractivity contribution is 5.60. The maximum absolute atomic E-state index is 10.3. The van der Waals surface area contributed by atoms with Crippen molar-refractivity contribution in [1.29, 1.82) is 0 Å². The predicted molar refractivity (Wildman–Crippen MR) is 86.9 cm³/mol. The van der Waals surface area contributed by atoms with Crippen LogP contribution in [0.15, 0.2) is 42.5 Å². The van der Waals surface area contributed by atoms with Gasteiger partial charge in [-0.05, 0) is 37.1 Å². The molecule has 2 rings (SSSR count). The molecule has 112 valence electrons. The largest absolute Gasteiger partial charge is 0.504 e. The molecule has 0 aliphatic rings. The van der Waals surface area contributed by atoms with Gasteiger partial charge in [-0.1, -0.05) is 25.1 Å². The molecule has 2 aromatic rings. The Kier molecular flexibility index (Phi) is 5.32. The number of phenols is 1. The van der Waals surface area contributed by atoms with Gasteiger partial charge >= 0.3 is 0 Å². The summed E-state index contributed by atoms with van der Waals surface area (Å²) in [6.07, 6.45) is 1.53. The summed E-state index contributed by atoms with van der Waals surface area (Å²) in [5, 5.41) is 13.6. The van der Waals surface area contributed by atoms with Gasteiger partial charge in [0.15, 0.2) is 11.5 Å². The van der Waals surface area contributed by atoms with Gasteiger partial charge in [-0.25, -0.2) is 0 Å². The molecule has 2 aromatic carbocycles. The first-order valence-corrected chi connectivity index (χ1v) is 7.24. The second-order valence-corrected chi connectivity index (χ2v) is 4.87. The van der Waals surface area contributed by atoms with Gasteiger partial charge < -0.3 is 20.9 Å². The predicted octanol–water partition coefficient (Wildman–Crippen LogP) is 3.42. The summed E-state index contributed by atoms with van der Waals surface area (Å²) in [5.41, 5.74) is 8.32. The number of nitrogens with two attached hydrogens (primary N) is 1. The van der Waals surface area contributed by atoms with Crippen molar-refractivity contribution in [1.82, 2.24) is 0 Å². The average Bonchev–Trinajstić information content (AvgIpc) is 2.51. The minimum absolute atomic E-state index is 0.151. The number of anilines is 2. The number of nitrogens with one attached hydrogen (secondary N) is 1. The van der Waals surface area contributed by atoms with Crippen molar-refractivity contribution >= 4 is 11.4 Å². The molecule has 21 heavy (non-hydrogen) atoms. The van der Waals surface area contributed by atoms with Crippen LogP contribution >= 0.6 is 0 Å². The number of hydrogen-bond acceptors (Lipinski definition) is 4. The maximum atomic E-state index is 10.3. The molecular formula is C17H22N2O2. The Bertz CT molecular complexity index is 571. The molecule has 4 N–H and O–H groups in total. The van der Waals surface area contributed by atoms with Crippen LogP contribution in [-0.2, 0) is 6.42 Å². The van der Waals surface area contributed by atoms with Crippen LogP contribution in [0.1, 0.15) is 18.9 Å². The fraction of sp³-hybridized carbons (Fsp3) is 0.294. The van der Waals surface area contributed by atoms with Crippen molar-refractivity contribution in [2.75, 3.05) is 24.2 Å². The van der Waals surface area contributed by atoms with E-state index in [4.69, 9.17) is 10.5 Å². The Balaban J connectivity index is 2.01. The summed E-state index contributed by atoms with van der Waals surface area (Å²) in [7, 11) is 0. The number of nitrogen functional groups attached to an aromatic ring is 1. The highest BCUT2D eigenvalue weighted by atomic mass is 16.5. The van der Waals surface area contributed by atoms with E-state index in [1.165, 1.54) is 0 Å². The van der Waals surface area contributed by atoms with Crippen LogP contribution in [-0.4, -0.2) is 18.3 Å². The number of aromatic hydroxyl groups is 1. The van der Waals surface area contributed by atoms with E-state index in [-0.39, 0.29) is 5.75 Å². The first-order valence-electron chi connectivity index (χ1n) is 7.24. The third-order valence-electron chi connectivity index (χ3n) is 3.22. The van der Waals surface area contributed by atoms with E-state index in [0.29, 0.717) is 31.0 Å². The molecule has 0 aromatic heterocycles. The van der Waals surface area contributed by atoms with Gasteiger partial charge in [-0.3, -0.25) is 0 Å². The van der Waals surface area contributed by atoms with Crippen LogP contribution in [0.5, 0.6) is 11.5 Å². The number of para-hydroxylation sites is 1. The molecule has 0 heterocycles. The second-order valence-electron chi connectivity index (χ2n) is 4.87. The molecule has 0 aliphatic heterocycles. The van der Waals surface area contributed by atoms with E-state index < -0.39 is 0 Å². The summed E-state index contributed by atoms with van der Waals surface area (Å²) < 4.78 is 5.52. The summed E-state index contributed by atoms with van der Waals surface area (Å²) in [5.74, 6) is 0.652. The first kappa shape index (κ1) is 15.0. The van der Waals surface area contributed by atoms with E-state index >= 15 is 0 Å². The monoisotopic (exact) mass is 286 g/mol. The lowest BCUT2D eigenvalue weighted by molar-refractivity contribution is 0.298. The van der Waals surface area contributed by atoms with E-state index in [9.17, 15) is 5.11 Å². The molecule has 0 fully saturated rings. The number of phenolic OH excluding ortho intramolecular Hbond substituents is 1. The third kappa shape index (κ3) is 4.05. The van der Waals surface area contributed by atoms with Gasteiger partial charge in [0.25, 0.3) is 0 Å². The summed E-state index contributed by atoms with van der Waals surface area (Å²) in [4.78, 5) is 0. The lowest BCUT2D eigenvalue weighted by Gasteiger charge is -2.14. The quantitative estimate of drug-likeness (QED) is 0.682. The van der Waals surface area contributed by atoms with E-state index in [2.05, 4.69) is 5.32 Å². The van der Waals surface area contributed by atoms with E-state index in [1.807, 2.05) is 37.3 Å². The number of hydrogen-bond donors (Lipinski definition) is 3. The molecular weight excluding hydrogens is 264 g/mol. The second kappa shape index (κ2) is 7.43. The van der Waals surface area contributed by atoms with Gasteiger partial charge in [0.05, 0.1) is 6.61 Å². The van der Waals surface area contributed by atoms with Gasteiger partial charge in [0.1, 0.15) is 0 Å². The minimum atomic E-state index is 0.151. The molecule has 0 amide bonds. The SMILES string of the molecule is CCCOc1ccc(N)c(CCNc2ccccc2)c1O. The van der Waals surface area contributed by atoms with Crippen LogP contribution < -0.4 is 15.8 Å². The van der Waals surface area contributed by atoms with Gasteiger partial charge in [0, 0.05) is 23.5 Å². The standard InChI is InChI=1S/C17H22N2O2/c1-2-12-21-16-9-8-15(18)14(17(16)20)10-11-19-13-6-4-3-5-7-13/h3-9,19-20H,2,10-12,18H2,1H3. The normalized spacial score (nSPS) is 10.3. The first-order chi connectivity index (χ1) is 10.2. The highest BCUT2D eigenvalue weighted by Crippen LogP contribution is 2.34. The molecule has 0 bridgehead atoms. The molecule has 0 aliphatic carbocycles. The number of benzene rings is 2. The lowest BCUT2D eigenvalue weighted by Crippen LogP contribution is -2.07. The molecule has 0 saturated carbocycles. The zero-order valence-electron chi connectivity index (χ0n) is 12.3. The van der Waals surface area contributed by atoms with Crippen molar-refractivity contribution in [3.8, 4) is 11.5 Å². The molecule has 0 spiro atoms. The Morgan fingerprint density at radius 2 is 1.90 bits per heavy atom. The van der Waals surface area contributed by atoms with E-state index in [0.717, 1.165) is 17.7 Å². The topological polar surface area (TPSA) is 67.5 Å². The van der Waals surface area contributed by atoms with Crippen molar-refractivity contribution in [2.24, 2.45) is 0 Å². The molecule has 0 atom stereocenters. The molecule has 4 nitrogen and oxygen atoms in total. The van der Waals surface area contributed by atoms with Gasteiger partial charge in [0.2, 0.25) is 0 Å². The van der Waals surface area contributed by atoms with Crippen LogP contribution in [0.2, 0.25) is 0 Å². The van der Waals surface area contributed by atoms with Crippen LogP contribution in [0.25, 0.3) is 0 Å². The van der Waals surface area contributed by atoms with Crippen LogP contribution in [0.4, 0.5) is 11.4 Å². The Morgan fingerprint density at radius 1 is 1.14 bits per heavy atom. The fourth-order valence-corrected chi connectivity index (χ4v) is 2.11. The molecule has 0 radical (unpaired) electrons. The minimum Gasteiger partial charge on any atom is -0.504 e. The van der Waals surface area contributed by atoms with Crippen molar-refractivity contribution in [3.05, 3.63) is 48.0 Å². The average molecular weight is 286 g/mol. The summed E-state index contributed by atoms with van der Waals surface area (Å²) in [6.45, 7) is 3.30. The van der Waals surface area contributed by atoms with Crippen molar-refractivity contribution in [2.45, 2.75) is 19.8 Å². The van der Waals surface area contributed by atoms with E-state index in [1.54, 1.807) is 12.1 Å². The van der Waals surface area contributed by atoms with Crippen LogP contribution in [0.3, 0.4) is 0 Å². The van der Waals surface area contributed by atoms with Crippen molar-refractivity contribution in [3.63, 3.8) is 0 Å². The Labute approximate surface area is 125 Å². The smallest absolute Gasteiger partial charge is 0.163 e. The lowest BCUT2D eigenvalue weighted by atomic mass is 10.1. The third-order valence-corrected chi connectivity index (χ3v) is 3.22. The molecule has 0 unspecified atom stereocenters. The fourth-order valence-electron chi connectivity index (χ4n) is 2.11. The van der Waals surface area contributed by atoms with Crippen molar-refractivity contribution < 1.29 is 9.84 Å². The molecule has 4 heteroatoms. The van der Waals surface area contributed by atoms with Crippen LogP contribution in [0, 0.1) is 0 Å². The zero-order chi connectivity index (χ0) is 15.1. The van der Waals surface area contributed by atoms with Gasteiger partial charge in [-0.2, -0.15) is 0 Å². The summed E-state index contributed by atoms with van der Waals surface area (Å²) in [6, 6.07) is 13.4.